The molecule has 0 spiro atoms. The van der Waals surface area contributed by atoms with Gasteiger partial charge in [-0.3, -0.25) is 4.98 Å². The third-order valence-corrected chi connectivity index (χ3v) is 4.53. The highest BCUT2D eigenvalue weighted by Crippen LogP contribution is 2.29. The van der Waals surface area contributed by atoms with Crippen molar-refractivity contribution in [2.45, 2.75) is 39.0 Å². The first-order valence-electron chi connectivity index (χ1n) is 8.46. The second kappa shape index (κ2) is 7.51. The monoisotopic (exact) mass is 312 g/mol. The second-order valence-electron chi connectivity index (χ2n) is 6.08. The molecule has 1 aliphatic carbocycles. The molecule has 2 aromatic rings. The molecule has 0 amide bonds. The minimum absolute atomic E-state index is 0.239. The lowest BCUT2D eigenvalue weighted by atomic mass is 10.0. The van der Waals surface area contributed by atoms with Gasteiger partial charge in [-0.1, -0.05) is 13.3 Å². The standard InChI is InChI=1S/C18H24N4O/c1-2-13(8-10-23)11-20-18-15-6-3-7-16(15)21-17(22-18)14-5-4-9-19-12-14/h4-5,9,12-13,23H,2-3,6-8,10-11H2,1H3,(H,20,21,22). The van der Waals surface area contributed by atoms with E-state index in [0.717, 1.165) is 61.5 Å². The van der Waals surface area contributed by atoms with Gasteiger partial charge in [0.2, 0.25) is 0 Å². The third-order valence-electron chi connectivity index (χ3n) is 4.53. The van der Waals surface area contributed by atoms with Crippen LogP contribution in [0.1, 0.15) is 37.4 Å². The van der Waals surface area contributed by atoms with Crippen LogP contribution in [0.25, 0.3) is 11.4 Å². The summed E-state index contributed by atoms with van der Waals surface area (Å²) in [4.78, 5) is 13.7. The molecule has 2 aromatic heterocycles. The minimum Gasteiger partial charge on any atom is -0.396 e. The molecule has 23 heavy (non-hydrogen) atoms. The van der Waals surface area contributed by atoms with Gasteiger partial charge in [0.15, 0.2) is 5.82 Å². The summed E-state index contributed by atoms with van der Waals surface area (Å²) >= 11 is 0. The molecule has 0 aliphatic heterocycles. The van der Waals surface area contributed by atoms with E-state index in [1.807, 2.05) is 12.1 Å². The Kier molecular flexibility index (Phi) is 5.18. The van der Waals surface area contributed by atoms with Gasteiger partial charge in [0.05, 0.1) is 0 Å². The number of hydrogen-bond acceptors (Lipinski definition) is 5. The van der Waals surface area contributed by atoms with Crippen molar-refractivity contribution in [3.8, 4) is 11.4 Å². The van der Waals surface area contributed by atoms with E-state index in [0.29, 0.717) is 5.92 Å². The van der Waals surface area contributed by atoms with Gasteiger partial charge in [-0.15, -0.1) is 0 Å². The van der Waals surface area contributed by atoms with Gasteiger partial charge in [-0.05, 0) is 43.7 Å². The van der Waals surface area contributed by atoms with E-state index in [2.05, 4.69) is 17.2 Å². The maximum absolute atomic E-state index is 9.15. The fourth-order valence-corrected chi connectivity index (χ4v) is 3.08. The molecule has 5 heteroatoms. The van der Waals surface area contributed by atoms with E-state index in [1.54, 1.807) is 12.4 Å². The number of pyridine rings is 1. The van der Waals surface area contributed by atoms with Crippen LogP contribution >= 0.6 is 0 Å². The van der Waals surface area contributed by atoms with Crippen molar-refractivity contribution in [3.05, 3.63) is 35.8 Å². The lowest BCUT2D eigenvalue weighted by Gasteiger charge is -2.17. The topological polar surface area (TPSA) is 70.9 Å². The number of aromatic nitrogens is 3. The van der Waals surface area contributed by atoms with Crippen LogP contribution in [0.15, 0.2) is 24.5 Å². The summed E-state index contributed by atoms with van der Waals surface area (Å²) < 4.78 is 0. The smallest absolute Gasteiger partial charge is 0.163 e. The second-order valence-corrected chi connectivity index (χ2v) is 6.08. The quantitative estimate of drug-likeness (QED) is 0.822. The summed E-state index contributed by atoms with van der Waals surface area (Å²) in [6.07, 6.45) is 8.65. The number of hydrogen-bond donors (Lipinski definition) is 2. The van der Waals surface area contributed by atoms with Crippen molar-refractivity contribution in [1.29, 1.82) is 0 Å². The molecule has 2 N–H and O–H groups in total. The first-order valence-corrected chi connectivity index (χ1v) is 8.46. The lowest BCUT2D eigenvalue weighted by Crippen LogP contribution is -2.17. The summed E-state index contributed by atoms with van der Waals surface area (Å²) in [6.45, 7) is 3.24. The van der Waals surface area contributed by atoms with Gasteiger partial charge >= 0.3 is 0 Å². The predicted molar refractivity (Wildman–Crippen MR) is 91.3 cm³/mol. The van der Waals surface area contributed by atoms with Crippen LogP contribution in [-0.2, 0) is 12.8 Å². The van der Waals surface area contributed by atoms with Crippen LogP contribution in [0.5, 0.6) is 0 Å². The summed E-state index contributed by atoms with van der Waals surface area (Å²) in [5.74, 6) is 2.17. The molecule has 1 aliphatic rings. The van der Waals surface area contributed by atoms with Gasteiger partial charge in [0, 0.05) is 42.4 Å². The largest absolute Gasteiger partial charge is 0.396 e. The Bertz CT molecular complexity index is 645. The van der Waals surface area contributed by atoms with E-state index in [-0.39, 0.29) is 6.61 Å². The number of nitrogens with one attached hydrogen (secondary N) is 1. The Labute approximate surface area is 137 Å². The molecule has 0 radical (unpaired) electrons. The fraction of sp³-hybridized carbons (Fsp3) is 0.500. The molecule has 0 fully saturated rings. The highest BCUT2D eigenvalue weighted by Gasteiger charge is 2.20. The fourth-order valence-electron chi connectivity index (χ4n) is 3.08. The molecule has 2 heterocycles. The molecule has 0 saturated heterocycles. The summed E-state index contributed by atoms with van der Waals surface area (Å²) in [5.41, 5.74) is 3.38. The van der Waals surface area contributed by atoms with Crippen molar-refractivity contribution >= 4 is 5.82 Å². The molecular formula is C18H24N4O. The molecule has 0 bridgehead atoms. The van der Waals surface area contributed by atoms with E-state index in [9.17, 15) is 0 Å². The number of aryl methyl sites for hydroxylation is 1. The summed E-state index contributed by atoms with van der Waals surface area (Å²) in [5, 5.41) is 12.7. The molecule has 0 aromatic carbocycles. The normalized spacial score (nSPS) is 14.5. The molecule has 0 saturated carbocycles. The first-order chi connectivity index (χ1) is 11.3. The molecule has 5 nitrogen and oxygen atoms in total. The van der Waals surface area contributed by atoms with Crippen LogP contribution in [0.2, 0.25) is 0 Å². The zero-order valence-corrected chi connectivity index (χ0v) is 13.6. The Morgan fingerprint density at radius 3 is 2.96 bits per heavy atom. The van der Waals surface area contributed by atoms with Crippen LogP contribution in [0, 0.1) is 5.92 Å². The highest BCUT2D eigenvalue weighted by atomic mass is 16.3. The average Bonchev–Trinajstić information content (AvgIpc) is 3.07. The Hall–Kier alpha value is -2.01. The highest BCUT2D eigenvalue weighted by molar-refractivity contribution is 5.59. The van der Waals surface area contributed by atoms with Crippen molar-refractivity contribution in [3.63, 3.8) is 0 Å². The molecular weight excluding hydrogens is 288 g/mol. The van der Waals surface area contributed by atoms with Gasteiger partial charge < -0.3 is 10.4 Å². The first kappa shape index (κ1) is 15.9. The minimum atomic E-state index is 0.239. The summed E-state index contributed by atoms with van der Waals surface area (Å²) in [6, 6.07) is 3.90. The van der Waals surface area contributed by atoms with Gasteiger partial charge in [0.1, 0.15) is 5.82 Å². The Morgan fingerprint density at radius 1 is 1.30 bits per heavy atom. The molecule has 122 valence electrons. The van der Waals surface area contributed by atoms with E-state index in [1.165, 1.54) is 5.56 Å². The SMILES string of the molecule is CCC(CCO)CNc1nc(-c2cccnc2)nc2c1CCC2. The van der Waals surface area contributed by atoms with E-state index in [4.69, 9.17) is 15.1 Å². The predicted octanol–water partition coefficient (Wildman–Crippen LogP) is 2.85. The number of anilines is 1. The third kappa shape index (κ3) is 3.67. The van der Waals surface area contributed by atoms with E-state index < -0.39 is 0 Å². The maximum Gasteiger partial charge on any atom is 0.163 e. The van der Waals surface area contributed by atoms with Gasteiger partial charge in [-0.25, -0.2) is 9.97 Å². The Balaban J connectivity index is 1.85. The van der Waals surface area contributed by atoms with Crippen LogP contribution in [-0.4, -0.2) is 33.2 Å². The zero-order chi connectivity index (χ0) is 16.1. The maximum atomic E-state index is 9.15. The van der Waals surface area contributed by atoms with Crippen molar-refractivity contribution in [1.82, 2.24) is 15.0 Å². The van der Waals surface area contributed by atoms with Gasteiger partial charge in [-0.2, -0.15) is 0 Å². The number of nitrogens with zero attached hydrogens (tertiary/aromatic N) is 3. The van der Waals surface area contributed by atoms with Crippen molar-refractivity contribution in [2.24, 2.45) is 5.92 Å². The lowest BCUT2D eigenvalue weighted by molar-refractivity contribution is 0.258. The molecule has 1 atom stereocenters. The van der Waals surface area contributed by atoms with Crippen molar-refractivity contribution in [2.75, 3.05) is 18.5 Å². The molecule has 1 unspecified atom stereocenters. The summed E-state index contributed by atoms with van der Waals surface area (Å²) in [7, 11) is 0. The van der Waals surface area contributed by atoms with E-state index >= 15 is 0 Å². The number of fused-ring (bicyclic) bond motifs is 1. The number of aliphatic hydroxyl groups excluding tert-OH is 1. The average molecular weight is 312 g/mol. The zero-order valence-electron chi connectivity index (χ0n) is 13.6. The number of rotatable bonds is 7. The Morgan fingerprint density at radius 2 is 2.22 bits per heavy atom. The van der Waals surface area contributed by atoms with Gasteiger partial charge in [0.25, 0.3) is 0 Å². The van der Waals surface area contributed by atoms with Crippen LogP contribution < -0.4 is 5.32 Å². The van der Waals surface area contributed by atoms with Crippen LogP contribution in [0.4, 0.5) is 5.82 Å². The van der Waals surface area contributed by atoms with Crippen LogP contribution in [0.3, 0.4) is 0 Å². The molecule has 3 rings (SSSR count). The van der Waals surface area contributed by atoms with Crippen molar-refractivity contribution < 1.29 is 5.11 Å². The number of aliphatic hydroxyl groups is 1.